The van der Waals surface area contributed by atoms with Gasteiger partial charge in [-0.1, -0.05) is 0 Å². The first kappa shape index (κ1) is 8.92. The van der Waals surface area contributed by atoms with Gasteiger partial charge in [-0.25, -0.2) is 0 Å². The molecule has 0 aromatic carbocycles. The summed E-state index contributed by atoms with van der Waals surface area (Å²) in [5.41, 5.74) is 0. The zero-order chi connectivity index (χ0) is 2.71. The molecule has 1 atom stereocenters. The Morgan fingerprint density at radius 1 is 1.25 bits per heavy atom. The number of thiol groups is 2. The van der Waals surface area contributed by atoms with Crippen molar-refractivity contribution in [2.45, 2.75) is 0 Å². The molecular formula is H5OPS2. The van der Waals surface area contributed by atoms with Crippen molar-refractivity contribution in [3.63, 3.8) is 0 Å². The van der Waals surface area contributed by atoms with E-state index in [0.717, 1.165) is 0 Å². The topological polar surface area (TPSA) is 9.23 Å². The zero-order valence-corrected chi connectivity index (χ0v) is 5.21. The van der Waals surface area contributed by atoms with Crippen LogP contribution in [0.3, 0.4) is 0 Å². The average molecular weight is 116 g/mol. The summed E-state index contributed by atoms with van der Waals surface area (Å²) in [6.45, 7) is 0. The lowest BCUT2D eigenvalue weighted by Gasteiger charge is -1.55. The third-order valence-corrected chi connectivity index (χ3v) is 0. The van der Waals surface area contributed by atoms with Crippen molar-refractivity contribution < 1.29 is 3.63 Å². The van der Waals surface area contributed by atoms with Crippen LogP contribution in [0.5, 0.6) is 0 Å². The molecule has 0 aromatic rings. The van der Waals surface area contributed by atoms with E-state index >= 15 is 0 Å². The van der Waals surface area contributed by atoms with Crippen molar-refractivity contribution >= 4 is 35.7 Å². The van der Waals surface area contributed by atoms with E-state index in [2.05, 4.69) is 29.4 Å². The molecule has 0 aliphatic carbocycles. The Morgan fingerprint density at radius 3 is 1.25 bits per heavy atom. The van der Waals surface area contributed by atoms with E-state index in [1.54, 1.807) is 0 Å². The smallest absolute Gasteiger partial charge is 0.00944 e. The van der Waals surface area contributed by atoms with E-state index in [1.807, 2.05) is 0 Å². The Hall–Kier alpha value is 1.09. The SMILES string of the molecule is P.SOS. The second-order valence-corrected chi connectivity index (χ2v) is 0.735. The molecule has 0 spiro atoms. The van der Waals surface area contributed by atoms with E-state index in [9.17, 15) is 0 Å². The monoisotopic (exact) mass is 116 g/mol. The van der Waals surface area contributed by atoms with Crippen LogP contribution in [0.15, 0.2) is 0 Å². The van der Waals surface area contributed by atoms with Crippen LogP contribution in [0, 0.1) is 0 Å². The Bertz CT molecular complexity index is 6.00. The molecule has 0 saturated heterocycles. The predicted molar refractivity (Wildman–Crippen MR) is 30.2 cm³/mol. The fourth-order valence-electron chi connectivity index (χ4n) is 0. The van der Waals surface area contributed by atoms with Gasteiger partial charge in [0, 0.05) is 0 Å². The van der Waals surface area contributed by atoms with Crippen LogP contribution in [0.2, 0.25) is 0 Å². The summed E-state index contributed by atoms with van der Waals surface area (Å²) in [6, 6.07) is 0. The Kier molecular flexibility index (Phi) is 19.9. The summed E-state index contributed by atoms with van der Waals surface area (Å²) in [5.74, 6) is 0. The second-order valence-electron chi connectivity index (χ2n) is 0.0816. The number of hydrogen-bond acceptors (Lipinski definition) is 3. The molecule has 1 unspecified atom stereocenters. The lowest BCUT2D eigenvalue weighted by atomic mass is 15.9. The van der Waals surface area contributed by atoms with Crippen LogP contribution in [-0.2, 0) is 3.63 Å². The maximum Gasteiger partial charge on any atom is -0.00944 e. The molecule has 0 amide bonds. The van der Waals surface area contributed by atoms with Crippen LogP contribution >= 0.6 is 35.7 Å². The van der Waals surface area contributed by atoms with Crippen LogP contribution in [0.4, 0.5) is 0 Å². The summed E-state index contributed by atoms with van der Waals surface area (Å²) in [5, 5.41) is 0. The molecule has 0 heterocycles. The van der Waals surface area contributed by atoms with Crippen LogP contribution in [0.1, 0.15) is 0 Å². The molecule has 0 radical (unpaired) electrons. The van der Waals surface area contributed by atoms with Gasteiger partial charge >= 0.3 is 0 Å². The Morgan fingerprint density at radius 2 is 1.25 bits per heavy atom. The van der Waals surface area contributed by atoms with E-state index in [4.69, 9.17) is 0 Å². The van der Waals surface area contributed by atoms with Gasteiger partial charge in [0.2, 0.25) is 0 Å². The highest BCUT2D eigenvalue weighted by Crippen LogP contribution is 1.75. The highest BCUT2D eigenvalue weighted by molar-refractivity contribution is 7.89. The van der Waals surface area contributed by atoms with Crippen molar-refractivity contribution in [1.82, 2.24) is 0 Å². The predicted octanol–water partition coefficient (Wildman–Crippen LogP) is 0.751. The van der Waals surface area contributed by atoms with E-state index < -0.39 is 0 Å². The van der Waals surface area contributed by atoms with Crippen molar-refractivity contribution in [1.29, 1.82) is 0 Å². The van der Waals surface area contributed by atoms with Gasteiger partial charge in [-0.2, -0.15) is 9.90 Å². The molecule has 0 N–H and O–H groups in total. The normalized spacial score (nSPS) is 4.50. The maximum absolute atomic E-state index is 3.64. The van der Waals surface area contributed by atoms with Gasteiger partial charge in [0.1, 0.15) is 0 Å². The zero-order valence-electron chi connectivity index (χ0n) is 2.01. The van der Waals surface area contributed by atoms with Gasteiger partial charge in [0.25, 0.3) is 0 Å². The molecule has 0 rings (SSSR count). The van der Waals surface area contributed by atoms with Gasteiger partial charge in [-0.15, -0.1) is 0 Å². The Balaban J connectivity index is 0. The van der Waals surface area contributed by atoms with E-state index in [1.165, 1.54) is 0 Å². The average Bonchev–Trinajstić information content (AvgIpc) is 0.918. The summed E-state index contributed by atoms with van der Waals surface area (Å²) in [6.07, 6.45) is 0. The summed E-state index contributed by atoms with van der Waals surface area (Å²) < 4.78 is 3.64. The molecule has 4 heavy (non-hydrogen) atoms. The standard InChI is InChI=1S/H2OS2.H3P/c2-1-3;/h2-3H;1H3. The molecule has 0 aliphatic heterocycles. The largest absolute Gasteiger partial charge is 0.254 e. The molecular weight excluding hydrogens is 111 g/mol. The third kappa shape index (κ3) is 11.4. The van der Waals surface area contributed by atoms with Crippen LogP contribution in [0.25, 0.3) is 0 Å². The minimum Gasteiger partial charge on any atom is -0.254 e. The van der Waals surface area contributed by atoms with Gasteiger partial charge in [0.15, 0.2) is 0 Å². The number of rotatable bonds is 0. The third-order valence-electron chi connectivity index (χ3n) is 0. The first-order valence-electron chi connectivity index (χ1n) is 0.365. The molecule has 0 aromatic heterocycles. The maximum atomic E-state index is 3.64. The van der Waals surface area contributed by atoms with Gasteiger partial charge < -0.3 is 0 Å². The first-order chi connectivity index (χ1) is 1.41. The summed E-state index contributed by atoms with van der Waals surface area (Å²) >= 11 is 6.31. The molecule has 4 heteroatoms. The Labute approximate surface area is 40.0 Å². The minimum absolute atomic E-state index is 0. The van der Waals surface area contributed by atoms with Gasteiger partial charge in [-0.05, 0) is 25.8 Å². The fourth-order valence-corrected chi connectivity index (χ4v) is 0. The number of hydrogen-bond donors (Lipinski definition) is 2. The molecule has 0 aliphatic rings. The molecule has 0 bridgehead atoms. The van der Waals surface area contributed by atoms with E-state index in [0.29, 0.717) is 0 Å². The highest BCUT2D eigenvalue weighted by Gasteiger charge is 1.29. The fraction of sp³-hybridized carbons (Fsp3) is 0. The van der Waals surface area contributed by atoms with Gasteiger partial charge in [0.05, 0.1) is 0 Å². The van der Waals surface area contributed by atoms with E-state index in [-0.39, 0.29) is 9.90 Å². The van der Waals surface area contributed by atoms with Crippen LogP contribution in [-0.4, -0.2) is 0 Å². The van der Waals surface area contributed by atoms with Crippen molar-refractivity contribution in [2.75, 3.05) is 0 Å². The van der Waals surface area contributed by atoms with Crippen molar-refractivity contribution in [2.24, 2.45) is 0 Å². The molecule has 0 fully saturated rings. The van der Waals surface area contributed by atoms with Crippen molar-refractivity contribution in [3.05, 3.63) is 0 Å². The summed E-state index contributed by atoms with van der Waals surface area (Å²) in [4.78, 5) is 0. The molecule has 0 saturated carbocycles. The van der Waals surface area contributed by atoms with Gasteiger partial charge in [-0.3, -0.25) is 3.63 Å². The first-order valence-corrected chi connectivity index (χ1v) is 1.10. The van der Waals surface area contributed by atoms with Crippen LogP contribution < -0.4 is 0 Å². The molecule has 1 nitrogen and oxygen atoms in total. The van der Waals surface area contributed by atoms with Crippen molar-refractivity contribution in [3.8, 4) is 0 Å². The molecule has 28 valence electrons. The minimum atomic E-state index is 0. The quantitative estimate of drug-likeness (QED) is 0.270. The lowest BCUT2D eigenvalue weighted by molar-refractivity contribution is 0.791. The second kappa shape index (κ2) is 8.94. The summed E-state index contributed by atoms with van der Waals surface area (Å²) in [7, 11) is 0. The lowest BCUT2D eigenvalue weighted by Crippen LogP contribution is -1.17. The highest BCUT2D eigenvalue weighted by atomic mass is 32.2.